The third-order valence-corrected chi connectivity index (χ3v) is 5.18. The second kappa shape index (κ2) is 6.13. The third kappa shape index (κ3) is 3.50. The average Bonchev–Trinajstić information content (AvgIpc) is 3.01. The first kappa shape index (κ1) is 15.1. The van der Waals surface area contributed by atoms with Crippen LogP contribution in [-0.2, 0) is 16.4 Å². The zero-order valence-corrected chi connectivity index (χ0v) is 13.3. The molecule has 1 N–H and O–H groups in total. The highest BCUT2D eigenvalue weighted by molar-refractivity contribution is 7.88. The van der Waals surface area contributed by atoms with Crippen molar-refractivity contribution in [2.24, 2.45) is 5.92 Å². The molecule has 1 saturated heterocycles. The number of H-pyrrole nitrogens is 1. The third-order valence-electron chi connectivity index (χ3n) is 3.91. The Labute approximate surface area is 129 Å². The van der Waals surface area contributed by atoms with E-state index < -0.39 is 10.0 Å². The van der Waals surface area contributed by atoms with Gasteiger partial charge in [0.2, 0.25) is 10.0 Å². The number of aromatic amines is 1. The average molecular weight is 321 g/mol. The fourth-order valence-corrected chi connectivity index (χ4v) is 3.77. The van der Waals surface area contributed by atoms with Crippen molar-refractivity contribution in [3.05, 3.63) is 30.4 Å². The minimum absolute atomic E-state index is 0.287. The highest BCUT2D eigenvalue weighted by Gasteiger charge is 2.26. The molecule has 1 atom stereocenters. The van der Waals surface area contributed by atoms with Crippen LogP contribution in [0.1, 0.15) is 18.5 Å². The van der Waals surface area contributed by atoms with Gasteiger partial charge in [0.25, 0.3) is 0 Å². The van der Waals surface area contributed by atoms with E-state index in [2.05, 4.69) is 20.2 Å². The lowest BCUT2D eigenvalue weighted by Gasteiger charge is -2.30. The van der Waals surface area contributed by atoms with Gasteiger partial charge in [-0.2, -0.15) is 5.10 Å². The Morgan fingerprint density at radius 1 is 1.41 bits per heavy atom. The van der Waals surface area contributed by atoms with E-state index >= 15 is 0 Å². The lowest BCUT2D eigenvalue weighted by molar-refractivity contribution is 0.265. The summed E-state index contributed by atoms with van der Waals surface area (Å²) < 4.78 is 24.9. The second-order valence-corrected chi connectivity index (χ2v) is 7.68. The first-order chi connectivity index (χ1) is 10.5. The van der Waals surface area contributed by atoms with Gasteiger partial charge in [0.05, 0.1) is 23.8 Å². The summed E-state index contributed by atoms with van der Waals surface area (Å²) >= 11 is 0. The topological polar surface area (TPSA) is 91.8 Å². The van der Waals surface area contributed by atoms with Crippen molar-refractivity contribution in [3.63, 3.8) is 0 Å². The van der Waals surface area contributed by atoms with E-state index in [0.29, 0.717) is 13.1 Å². The zero-order valence-electron chi connectivity index (χ0n) is 12.4. The van der Waals surface area contributed by atoms with Crippen molar-refractivity contribution in [1.29, 1.82) is 0 Å². The summed E-state index contributed by atoms with van der Waals surface area (Å²) in [7, 11) is -3.11. The number of hydrogen-bond acceptors (Lipinski definition) is 5. The molecular weight excluding hydrogens is 302 g/mol. The Morgan fingerprint density at radius 3 is 3.00 bits per heavy atom. The molecule has 3 heterocycles. The molecule has 2 aromatic rings. The fourth-order valence-electron chi connectivity index (χ4n) is 2.82. The fraction of sp³-hybridized carbons (Fsp3) is 0.500. The lowest BCUT2D eigenvalue weighted by atomic mass is 9.95. The van der Waals surface area contributed by atoms with Crippen LogP contribution < -0.4 is 0 Å². The lowest BCUT2D eigenvalue weighted by Crippen LogP contribution is -2.39. The van der Waals surface area contributed by atoms with Crippen LogP contribution >= 0.6 is 0 Å². The maximum absolute atomic E-state index is 11.7. The smallest absolute Gasteiger partial charge is 0.211 e. The van der Waals surface area contributed by atoms with E-state index in [9.17, 15) is 8.42 Å². The highest BCUT2D eigenvalue weighted by atomic mass is 32.2. The standard InChI is InChI=1S/C14H19N5O2S/c1-22(20,21)19-6-2-3-11(10-19)7-12-8-15-9-14(17-12)13-4-5-16-18-13/h4-5,8-9,11H,2-3,6-7,10H2,1H3,(H,16,18)/t11-/m1/s1. The van der Waals surface area contributed by atoms with E-state index in [-0.39, 0.29) is 5.92 Å². The number of nitrogens with zero attached hydrogens (tertiary/aromatic N) is 4. The van der Waals surface area contributed by atoms with Gasteiger partial charge in [0.1, 0.15) is 5.69 Å². The molecule has 7 nitrogen and oxygen atoms in total. The molecule has 1 fully saturated rings. The van der Waals surface area contributed by atoms with E-state index in [1.54, 1.807) is 22.9 Å². The molecule has 0 bridgehead atoms. The summed E-state index contributed by atoms with van der Waals surface area (Å²) in [6.07, 6.45) is 9.04. The van der Waals surface area contributed by atoms with Crippen LogP contribution in [0.25, 0.3) is 11.4 Å². The second-order valence-electron chi connectivity index (χ2n) is 5.70. The summed E-state index contributed by atoms with van der Waals surface area (Å²) in [5.41, 5.74) is 2.47. The maximum atomic E-state index is 11.7. The molecule has 1 aliphatic heterocycles. The molecule has 0 spiro atoms. The monoisotopic (exact) mass is 321 g/mol. The predicted molar refractivity (Wildman–Crippen MR) is 82.5 cm³/mol. The number of rotatable bonds is 4. The molecule has 118 valence electrons. The maximum Gasteiger partial charge on any atom is 0.211 e. The predicted octanol–water partition coefficient (Wildman–Crippen LogP) is 1.08. The van der Waals surface area contributed by atoms with Crippen LogP contribution in [0.2, 0.25) is 0 Å². The Balaban J connectivity index is 1.72. The summed E-state index contributed by atoms with van der Waals surface area (Å²) in [4.78, 5) is 8.83. The van der Waals surface area contributed by atoms with Gasteiger partial charge < -0.3 is 0 Å². The van der Waals surface area contributed by atoms with Gasteiger partial charge in [-0.25, -0.2) is 17.7 Å². The van der Waals surface area contributed by atoms with E-state index in [1.165, 1.54) is 6.26 Å². The molecule has 22 heavy (non-hydrogen) atoms. The van der Waals surface area contributed by atoms with Crippen molar-refractivity contribution in [3.8, 4) is 11.4 Å². The van der Waals surface area contributed by atoms with Crippen LogP contribution in [-0.4, -0.2) is 52.2 Å². The quantitative estimate of drug-likeness (QED) is 0.910. The SMILES string of the molecule is CS(=O)(=O)N1CCC[C@H](Cc2cncc(-c3ccn[nH]3)n2)C1. The van der Waals surface area contributed by atoms with Gasteiger partial charge in [-0.1, -0.05) is 0 Å². The van der Waals surface area contributed by atoms with Crippen LogP contribution in [0.15, 0.2) is 24.7 Å². The van der Waals surface area contributed by atoms with Gasteiger partial charge >= 0.3 is 0 Å². The molecule has 1 aliphatic rings. The molecule has 0 radical (unpaired) electrons. The van der Waals surface area contributed by atoms with Crippen LogP contribution in [0, 0.1) is 5.92 Å². The zero-order chi connectivity index (χ0) is 15.6. The first-order valence-electron chi connectivity index (χ1n) is 7.28. The van der Waals surface area contributed by atoms with Gasteiger partial charge in [0.15, 0.2) is 0 Å². The molecule has 0 amide bonds. The van der Waals surface area contributed by atoms with Gasteiger partial charge in [-0.3, -0.25) is 10.1 Å². The van der Waals surface area contributed by atoms with Crippen molar-refractivity contribution in [2.45, 2.75) is 19.3 Å². The van der Waals surface area contributed by atoms with E-state index in [1.807, 2.05) is 6.07 Å². The first-order valence-corrected chi connectivity index (χ1v) is 9.13. The molecule has 0 saturated carbocycles. The molecule has 0 unspecified atom stereocenters. The van der Waals surface area contributed by atoms with Crippen molar-refractivity contribution in [2.75, 3.05) is 19.3 Å². The van der Waals surface area contributed by atoms with Gasteiger partial charge in [0, 0.05) is 25.5 Å². The minimum atomic E-state index is -3.11. The van der Waals surface area contributed by atoms with Crippen LogP contribution in [0.3, 0.4) is 0 Å². The molecule has 8 heteroatoms. The van der Waals surface area contributed by atoms with Crippen LogP contribution in [0.5, 0.6) is 0 Å². The van der Waals surface area contributed by atoms with Crippen molar-refractivity contribution >= 4 is 10.0 Å². The van der Waals surface area contributed by atoms with Crippen LogP contribution in [0.4, 0.5) is 0 Å². The van der Waals surface area contributed by atoms with Crippen molar-refractivity contribution in [1.82, 2.24) is 24.5 Å². The van der Waals surface area contributed by atoms with E-state index in [4.69, 9.17) is 0 Å². The van der Waals surface area contributed by atoms with Gasteiger partial charge in [-0.05, 0) is 31.2 Å². The molecule has 2 aromatic heterocycles. The molecule has 0 aromatic carbocycles. The number of aromatic nitrogens is 4. The van der Waals surface area contributed by atoms with Crippen molar-refractivity contribution < 1.29 is 8.42 Å². The summed E-state index contributed by atoms with van der Waals surface area (Å²) in [6, 6.07) is 1.85. The Morgan fingerprint density at radius 2 is 2.27 bits per heavy atom. The van der Waals surface area contributed by atoms with Gasteiger partial charge in [-0.15, -0.1) is 0 Å². The largest absolute Gasteiger partial charge is 0.276 e. The molecule has 0 aliphatic carbocycles. The highest BCUT2D eigenvalue weighted by Crippen LogP contribution is 2.22. The molecular formula is C14H19N5O2S. The summed E-state index contributed by atoms with van der Waals surface area (Å²) in [5.74, 6) is 0.287. The summed E-state index contributed by atoms with van der Waals surface area (Å²) in [5, 5.41) is 6.79. The Hall–Kier alpha value is -1.80. The number of nitrogens with one attached hydrogen (secondary N) is 1. The van der Waals surface area contributed by atoms with E-state index in [0.717, 1.165) is 36.3 Å². The number of hydrogen-bond donors (Lipinski definition) is 1. The number of piperidine rings is 1. The number of sulfonamides is 1. The Kier molecular flexibility index (Phi) is 4.21. The molecule has 3 rings (SSSR count). The summed E-state index contributed by atoms with van der Waals surface area (Å²) in [6.45, 7) is 1.18. The minimum Gasteiger partial charge on any atom is -0.276 e. The normalized spacial score (nSPS) is 20.1. The Bertz CT molecular complexity index is 729.